The number of carbonyl (C=O) groups is 1. The first-order chi connectivity index (χ1) is 10.1. The molecule has 0 saturated carbocycles. The van der Waals surface area contributed by atoms with Crippen LogP contribution in [0.1, 0.15) is 0 Å². The molecule has 0 atom stereocenters. The first-order valence-electron chi connectivity index (χ1n) is 6.23. The number of benzene rings is 2. The SMILES string of the molecule is O=C(O)COc1ccc(Cl)cc1-c1nc2ccccc2[nH]1. The van der Waals surface area contributed by atoms with Gasteiger partial charge in [0.15, 0.2) is 6.61 Å². The van der Waals surface area contributed by atoms with Crippen molar-refractivity contribution in [1.82, 2.24) is 9.97 Å². The molecule has 3 aromatic rings. The highest BCUT2D eigenvalue weighted by Crippen LogP contribution is 2.32. The zero-order valence-corrected chi connectivity index (χ0v) is 11.6. The predicted octanol–water partition coefficient (Wildman–Crippen LogP) is 3.35. The zero-order valence-electron chi connectivity index (χ0n) is 10.8. The van der Waals surface area contributed by atoms with Crippen molar-refractivity contribution in [3.63, 3.8) is 0 Å². The summed E-state index contributed by atoms with van der Waals surface area (Å²) in [6, 6.07) is 12.6. The van der Waals surface area contributed by atoms with E-state index in [-0.39, 0.29) is 0 Å². The van der Waals surface area contributed by atoms with Crippen LogP contribution in [-0.4, -0.2) is 27.7 Å². The van der Waals surface area contributed by atoms with E-state index in [2.05, 4.69) is 9.97 Å². The van der Waals surface area contributed by atoms with Crippen molar-refractivity contribution >= 4 is 28.6 Å². The van der Waals surface area contributed by atoms with Gasteiger partial charge in [-0.05, 0) is 30.3 Å². The standard InChI is InChI=1S/C15H11ClN2O3/c16-9-5-6-13(21-8-14(19)20)10(7-9)15-17-11-3-1-2-4-12(11)18-15/h1-7H,8H2,(H,17,18)(H,19,20). The molecule has 3 rings (SSSR count). The van der Waals surface area contributed by atoms with Gasteiger partial charge in [0.25, 0.3) is 0 Å². The highest BCUT2D eigenvalue weighted by Gasteiger charge is 2.13. The van der Waals surface area contributed by atoms with E-state index in [1.54, 1.807) is 18.2 Å². The van der Waals surface area contributed by atoms with Gasteiger partial charge in [-0.3, -0.25) is 0 Å². The summed E-state index contributed by atoms with van der Waals surface area (Å²) in [6.07, 6.45) is 0. The van der Waals surface area contributed by atoms with Crippen molar-refractivity contribution in [2.45, 2.75) is 0 Å². The van der Waals surface area contributed by atoms with Crippen molar-refractivity contribution in [2.75, 3.05) is 6.61 Å². The number of halogens is 1. The summed E-state index contributed by atoms with van der Waals surface area (Å²) in [5, 5.41) is 9.25. The van der Waals surface area contributed by atoms with Crippen molar-refractivity contribution in [2.24, 2.45) is 0 Å². The lowest BCUT2D eigenvalue weighted by molar-refractivity contribution is -0.139. The average Bonchev–Trinajstić information content (AvgIpc) is 2.89. The number of nitrogens with one attached hydrogen (secondary N) is 1. The Bertz CT molecular complexity index is 781. The Morgan fingerprint density at radius 3 is 2.86 bits per heavy atom. The number of carboxylic acid groups (broad SMARTS) is 1. The van der Waals surface area contributed by atoms with Crippen LogP contribution in [0.3, 0.4) is 0 Å². The predicted molar refractivity (Wildman–Crippen MR) is 79.7 cm³/mol. The fourth-order valence-corrected chi connectivity index (χ4v) is 2.21. The topological polar surface area (TPSA) is 75.2 Å². The minimum absolute atomic E-state index is 0.417. The van der Waals surface area contributed by atoms with E-state index in [0.717, 1.165) is 11.0 Å². The summed E-state index contributed by atoms with van der Waals surface area (Å²) < 4.78 is 5.29. The largest absolute Gasteiger partial charge is 0.481 e. The molecule has 0 radical (unpaired) electrons. The molecule has 6 heteroatoms. The minimum Gasteiger partial charge on any atom is -0.481 e. The van der Waals surface area contributed by atoms with Gasteiger partial charge in [-0.25, -0.2) is 9.78 Å². The van der Waals surface area contributed by atoms with Gasteiger partial charge in [-0.15, -0.1) is 0 Å². The molecule has 0 aliphatic heterocycles. The molecule has 2 N–H and O–H groups in total. The lowest BCUT2D eigenvalue weighted by Gasteiger charge is -2.08. The summed E-state index contributed by atoms with van der Waals surface area (Å²) in [5.41, 5.74) is 2.33. The normalized spacial score (nSPS) is 10.7. The van der Waals surface area contributed by atoms with Gasteiger partial charge in [0.05, 0.1) is 16.6 Å². The second-order valence-electron chi connectivity index (χ2n) is 4.43. The van der Waals surface area contributed by atoms with Gasteiger partial charge >= 0.3 is 5.97 Å². The smallest absolute Gasteiger partial charge is 0.341 e. The number of aromatic amines is 1. The van der Waals surface area contributed by atoms with Gasteiger partial charge < -0.3 is 14.8 Å². The Morgan fingerprint density at radius 1 is 1.29 bits per heavy atom. The Labute approximate surface area is 125 Å². The molecule has 0 amide bonds. The van der Waals surface area contributed by atoms with Crippen LogP contribution in [0.5, 0.6) is 5.75 Å². The Kier molecular flexibility index (Phi) is 3.50. The van der Waals surface area contributed by atoms with E-state index >= 15 is 0 Å². The molecule has 5 nitrogen and oxygen atoms in total. The van der Waals surface area contributed by atoms with Crippen LogP contribution in [0.25, 0.3) is 22.4 Å². The summed E-state index contributed by atoms with van der Waals surface area (Å²) in [4.78, 5) is 18.3. The lowest BCUT2D eigenvalue weighted by Crippen LogP contribution is -2.10. The number of para-hydroxylation sites is 2. The van der Waals surface area contributed by atoms with Gasteiger partial charge in [0, 0.05) is 5.02 Å². The lowest BCUT2D eigenvalue weighted by atomic mass is 10.2. The van der Waals surface area contributed by atoms with E-state index in [0.29, 0.717) is 22.2 Å². The number of fused-ring (bicyclic) bond motifs is 1. The molecule has 1 aromatic heterocycles. The quantitative estimate of drug-likeness (QED) is 0.775. The Hall–Kier alpha value is -2.53. The number of aliphatic carboxylic acids is 1. The summed E-state index contributed by atoms with van der Waals surface area (Å²) in [6.45, 7) is -0.422. The number of hydrogen-bond donors (Lipinski definition) is 2. The number of nitrogens with zero attached hydrogens (tertiary/aromatic N) is 1. The molecule has 106 valence electrons. The van der Waals surface area contributed by atoms with Gasteiger partial charge in [0.2, 0.25) is 0 Å². The molecule has 2 aromatic carbocycles. The third-order valence-corrected chi connectivity index (χ3v) is 3.17. The van der Waals surface area contributed by atoms with Crippen molar-refractivity contribution < 1.29 is 14.6 Å². The molecule has 0 fully saturated rings. The number of carboxylic acids is 1. The third-order valence-electron chi connectivity index (χ3n) is 2.94. The molecular weight excluding hydrogens is 292 g/mol. The molecule has 0 spiro atoms. The van der Waals surface area contributed by atoms with Crippen molar-refractivity contribution in [1.29, 1.82) is 0 Å². The number of ether oxygens (including phenoxy) is 1. The number of imidazole rings is 1. The maximum atomic E-state index is 10.7. The van der Waals surface area contributed by atoms with Crippen LogP contribution in [0, 0.1) is 0 Å². The van der Waals surface area contributed by atoms with E-state index in [4.69, 9.17) is 21.4 Å². The fourth-order valence-electron chi connectivity index (χ4n) is 2.03. The van der Waals surface area contributed by atoms with Crippen LogP contribution in [0.15, 0.2) is 42.5 Å². The second-order valence-corrected chi connectivity index (χ2v) is 4.86. The number of rotatable bonds is 4. The van der Waals surface area contributed by atoms with E-state index < -0.39 is 12.6 Å². The van der Waals surface area contributed by atoms with Gasteiger partial charge in [0.1, 0.15) is 11.6 Å². The third kappa shape index (κ3) is 2.83. The van der Waals surface area contributed by atoms with E-state index in [1.807, 2.05) is 24.3 Å². The van der Waals surface area contributed by atoms with Crippen molar-refractivity contribution in [3.8, 4) is 17.1 Å². The number of hydrogen-bond acceptors (Lipinski definition) is 3. The monoisotopic (exact) mass is 302 g/mol. The fraction of sp³-hybridized carbons (Fsp3) is 0.0667. The molecule has 0 aliphatic carbocycles. The molecule has 0 saturated heterocycles. The maximum Gasteiger partial charge on any atom is 0.341 e. The first-order valence-corrected chi connectivity index (χ1v) is 6.60. The molecule has 0 bridgehead atoms. The zero-order chi connectivity index (χ0) is 14.8. The van der Waals surface area contributed by atoms with Crippen LogP contribution in [0.2, 0.25) is 5.02 Å². The molecule has 0 unspecified atom stereocenters. The Morgan fingerprint density at radius 2 is 2.10 bits per heavy atom. The van der Waals surface area contributed by atoms with Crippen LogP contribution >= 0.6 is 11.6 Å². The van der Waals surface area contributed by atoms with Crippen LogP contribution < -0.4 is 4.74 Å². The molecule has 0 aliphatic rings. The summed E-state index contributed by atoms with van der Waals surface area (Å²) >= 11 is 6.01. The highest BCUT2D eigenvalue weighted by molar-refractivity contribution is 6.30. The Balaban J connectivity index is 2.06. The van der Waals surface area contributed by atoms with E-state index in [1.165, 1.54) is 0 Å². The van der Waals surface area contributed by atoms with Crippen molar-refractivity contribution in [3.05, 3.63) is 47.5 Å². The van der Waals surface area contributed by atoms with E-state index in [9.17, 15) is 4.79 Å². The number of aromatic nitrogens is 2. The number of H-pyrrole nitrogens is 1. The molecular formula is C15H11ClN2O3. The van der Waals surface area contributed by atoms with Crippen LogP contribution in [0.4, 0.5) is 0 Å². The highest BCUT2D eigenvalue weighted by atomic mass is 35.5. The summed E-state index contributed by atoms with van der Waals surface area (Å²) in [7, 11) is 0. The maximum absolute atomic E-state index is 10.7. The first kappa shape index (κ1) is 13.5. The molecule has 1 heterocycles. The summed E-state index contributed by atoms with van der Waals surface area (Å²) in [5.74, 6) is -0.0412. The average molecular weight is 303 g/mol. The molecule has 21 heavy (non-hydrogen) atoms. The van der Waals surface area contributed by atoms with Crippen LogP contribution in [-0.2, 0) is 4.79 Å². The second kappa shape index (κ2) is 5.46. The van der Waals surface area contributed by atoms with Gasteiger partial charge in [-0.1, -0.05) is 23.7 Å². The van der Waals surface area contributed by atoms with Gasteiger partial charge in [-0.2, -0.15) is 0 Å². The minimum atomic E-state index is -1.04.